The number of rotatable bonds is 7. The number of halogens is 3. The fourth-order valence-electron chi connectivity index (χ4n) is 8.27. The Hall–Kier alpha value is -8.08. The Kier molecular flexibility index (Phi) is 9.54. The molecule has 0 amide bonds. The molecule has 0 saturated carbocycles. The molecule has 0 unspecified atom stereocenters. The van der Waals surface area contributed by atoms with Crippen molar-refractivity contribution in [1.82, 2.24) is 14.5 Å². The van der Waals surface area contributed by atoms with E-state index in [4.69, 9.17) is 9.97 Å². The number of aryl methyl sites for hydroxylation is 1. The Morgan fingerprint density at radius 1 is 0.468 bits per heavy atom. The van der Waals surface area contributed by atoms with Crippen LogP contribution in [0.5, 0.6) is 0 Å². The lowest BCUT2D eigenvalue weighted by molar-refractivity contribution is -0.137. The van der Waals surface area contributed by atoms with Gasteiger partial charge in [-0.15, -0.1) is 0 Å². The Balaban J connectivity index is 1.31. The highest BCUT2D eigenvalue weighted by Gasteiger charge is 2.30. The molecule has 0 atom stereocenters. The molecule has 2 aromatic heterocycles. The Morgan fingerprint density at radius 3 is 1.68 bits per heavy atom. The molecule has 7 heteroatoms. The minimum Gasteiger partial charge on any atom is -0.308 e. The summed E-state index contributed by atoms with van der Waals surface area (Å²) in [5.41, 5.74) is 12.6. The zero-order valence-corrected chi connectivity index (χ0v) is 33.4. The van der Waals surface area contributed by atoms with E-state index in [-0.39, 0.29) is 0 Å². The van der Waals surface area contributed by atoms with E-state index in [0.29, 0.717) is 22.6 Å². The van der Waals surface area contributed by atoms with E-state index in [1.165, 1.54) is 0 Å². The highest BCUT2D eigenvalue weighted by Crippen LogP contribution is 2.45. The SMILES string of the molecule is Cc1ccc(-c2cc(-c3cc(-c4ccccc4)nc(-c4ccccc4)n3)cc(-c3ccc(C(F)(F)F)cc3)c2-n2c3ccccc3c3cc(-c4cccc(C#N)c4)ccc32)cc1. The van der Waals surface area contributed by atoms with Crippen LogP contribution in [-0.2, 0) is 6.18 Å². The number of nitrogens with zero attached hydrogens (tertiary/aromatic N) is 4. The first-order valence-corrected chi connectivity index (χ1v) is 20.2. The van der Waals surface area contributed by atoms with E-state index >= 15 is 0 Å². The van der Waals surface area contributed by atoms with Gasteiger partial charge >= 0.3 is 6.18 Å². The summed E-state index contributed by atoms with van der Waals surface area (Å²) in [7, 11) is 0. The monoisotopic (exact) mass is 808 g/mol. The quantitative estimate of drug-likeness (QED) is 0.161. The fraction of sp³-hybridized carbons (Fsp3) is 0.0364. The summed E-state index contributed by atoms with van der Waals surface area (Å²) in [5.74, 6) is 0.553. The number of fused-ring (bicyclic) bond motifs is 3. The van der Waals surface area contributed by atoms with Crippen molar-refractivity contribution in [2.24, 2.45) is 0 Å². The van der Waals surface area contributed by atoms with Gasteiger partial charge in [-0.2, -0.15) is 18.4 Å². The summed E-state index contributed by atoms with van der Waals surface area (Å²) in [6.45, 7) is 2.04. The van der Waals surface area contributed by atoms with Crippen LogP contribution >= 0.6 is 0 Å². The molecule has 0 bridgehead atoms. The second-order valence-electron chi connectivity index (χ2n) is 15.3. The van der Waals surface area contributed by atoms with Crippen LogP contribution in [0.1, 0.15) is 16.7 Å². The van der Waals surface area contributed by atoms with E-state index in [1.54, 1.807) is 18.2 Å². The maximum Gasteiger partial charge on any atom is 0.416 e. The highest BCUT2D eigenvalue weighted by molar-refractivity contribution is 6.12. The van der Waals surface area contributed by atoms with Gasteiger partial charge in [-0.25, -0.2) is 9.97 Å². The summed E-state index contributed by atoms with van der Waals surface area (Å²) in [6, 6.07) is 64.0. The summed E-state index contributed by atoms with van der Waals surface area (Å²) in [5, 5.41) is 11.7. The first kappa shape index (κ1) is 38.1. The molecule has 296 valence electrons. The number of hydrogen-bond donors (Lipinski definition) is 0. The molecule has 0 aliphatic carbocycles. The number of benzene rings is 8. The second-order valence-corrected chi connectivity index (χ2v) is 15.3. The molecule has 8 aromatic carbocycles. The third-order valence-electron chi connectivity index (χ3n) is 11.3. The third-order valence-corrected chi connectivity index (χ3v) is 11.3. The van der Waals surface area contributed by atoms with Gasteiger partial charge in [-0.05, 0) is 89.8 Å². The number of alkyl halides is 3. The lowest BCUT2D eigenvalue weighted by Gasteiger charge is -2.22. The lowest BCUT2D eigenvalue weighted by atomic mass is 9.91. The summed E-state index contributed by atoms with van der Waals surface area (Å²) in [4.78, 5) is 10.2. The topological polar surface area (TPSA) is 54.5 Å². The van der Waals surface area contributed by atoms with Gasteiger partial charge in [-0.1, -0.05) is 139 Å². The second kappa shape index (κ2) is 15.5. The van der Waals surface area contributed by atoms with Crippen LogP contribution in [0.3, 0.4) is 0 Å². The van der Waals surface area contributed by atoms with Crippen molar-refractivity contribution in [3.8, 4) is 79.0 Å². The maximum absolute atomic E-state index is 14.1. The van der Waals surface area contributed by atoms with Crippen molar-refractivity contribution in [1.29, 1.82) is 5.26 Å². The lowest BCUT2D eigenvalue weighted by Crippen LogP contribution is -2.05. The molecule has 0 radical (unpaired) electrons. The first-order valence-electron chi connectivity index (χ1n) is 20.2. The van der Waals surface area contributed by atoms with Crippen molar-refractivity contribution in [3.05, 3.63) is 211 Å². The Labute approximate surface area is 356 Å². The molecular formula is C55H35F3N4. The normalized spacial score (nSPS) is 11.5. The largest absolute Gasteiger partial charge is 0.416 e. The minimum atomic E-state index is -4.50. The van der Waals surface area contributed by atoms with Crippen molar-refractivity contribution >= 4 is 21.8 Å². The van der Waals surface area contributed by atoms with Crippen molar-refractivity contribution in [3.63, 3.8) is 0 Å². The molecule has 10 rings (SSSR count). The number of nitriles is 1. The molecule has 0 aliphatic heterocycles. The highest BCUT2D eigenvalue weighted by atomic mass is 19.4. The average molecular weight is 809 g/mol. The van der Waals surface area contributed by atoms with Gasteiger partial charge in [0.1, 0.15) is 0 Å². The van der Waals surface area contributed by atoms with E-state index < -0.39 is 11.7 Å². The molecule has 10 aromatic rings. The first-order chi connectivity index (χ1) is 30.2. The molecule has 2 heterocycles. The molecule has 0 aliphatic rings. The van der Waals surface area contributed by atoms with Crippen LogP contribution in [0.4, 0.5) is 13.2 Å². The average Bonchev–Trinajstić information content (AvgIpc) is 3.65. The molecule has 0 fully saturated rings. The van der Waals surface area contributed by atoms with Crippen molar-refractivity contribution in [2.75, 3.05) is 0 Å². The predicted octanol–water partition coefficient (Wildman–Crippen LogP) is 14.8. The van der Waals surface area contributed by atoms with Gasteiger partial charge in [0.05, 0.1) is 45.3 Å². The molecule has 4 nitrogen and oxygen atoms in total. The van der Waals surface area contributed by atoms with Crippen LogP contribution in [-0.4, -0.2) is 14.5 Å². The van der Waals surface area contributed by atoms with Gasteiger partial charge in [0, 0.05) is 38.6 Å². The minimum absolute atomic E-state index is 0.553. The molecule has 62 heavy (non-hydrogen) atoms. The molecule has 0 N–H and O–H groups in total. The number of para-hydroxylation sites is 1. The van der Waals surface area contributed by atoms with Crippen molar-refractivity contribution in [2.45, 2.75) is 13.1 Å². The van der Waals surface area contributed by atoms with Crippen LogP contribution < -0.4 is 0 Å². The van der Waals surface area contributed by atoms with Crippen molar-refractivity contribution < 1.29 is 13.2 Å². The summed E-state index contributed by atoms with van der Waals surface area (Å²) >= 11 is 0. The van der Waals surface area contributed by atoms with Gasteiger partial charge < -0.3 is 4.57 Å². The standard InChI is InChI=1S/C55H35F3N4/c1-35-19-21-37(22-20-35)46-31-43(50-33-49(39-12-4-2-5-13-39)60-54(61-50)40-14-6-3-7-15-40)32-47(38-23-26-44(27-24-38)55(56,57)58)53(46)62-51-18-9-8-17-45(51)48-30-42(25-28-52(48)62)41-16-10-11-36(29-41)34-59/h2-33H,1H3. The van der Waals surface area contributed by atoms with E-state index in [0.717, 1.165) is 95.4 Å². The van der Waals surface area contributed by atoms with Crippen LogP contribution in [0.25, 0.3) is 94.8 Å². The maximum atomic E-state index is 14.1. The fourth-order valence-corrected chi connectivity index (χ4v) is 8.27. The third kappa shape index (κ3) is 7.08. The Bertz CT molecular complexity index is 3270. The Morgan fingerprint density at radius 2 is 1.02 bits per heavy atom. The van der Waals surface area contributed by atoms with Crippen LogP contribution in [0, 0.1) is 18.3 Å². The van der Waals surface area contributed by atoms with Crippen LogP contribution in [0.2, 0.25) is 0 Å². The summed E-state index contributed by atoms with van der Waals surface area (Å²) < 4.78 is 44.5. The van der Waals surface area contributed by atoms with Gasteiger partial charge in [0.15, 0.2) is 5.82 Å². The molecule has 0 saturated heterocycles. The zero-order chi connectivity index (χ0) is 42.4. The van der Waals surface area contributed by atoms with Gasteiger partial charge in [0.25, 0.3) is 0 Å². The molecular weight excluding hydrogens is 774 g/mol. The number of aromatic nitrogens is 3. The van der Waals surface area contributed by atoms with Crippen LogP contribution in [0.15, 0.2) is 194 Å². The van der Waals surface area contributed by atoms with E-state index in [9.17, 15) is 18.4 Å². The number of hydrogen-bond acceptors (Lipinski definition) is 3. The van der Waals surface area contributed by atoms with Gasteiger partial charge in [-0.3, -0.25) is 0 Å². The van der Waals surface area contributed by atoms with E-state index in [2.05, 4.69) is 71.3 Å². The van der Waals surface area contributed by atoms with E-state index in [1.807, 2.05) is 110 Å². The molecule has 0 spiro atoms. The smallest absolute Gasteiger partial charge is 0.308 e. The van der Waals surface area contributed by atoms with Gasteiger partial charge in [0.2, 0.25) is 0 Å². The predicted molar refractivity (Wildman–Crippen MR) is 243 cm³/mol. The zero-order valence-electron chi connectivity index (χ0n) is 33.4. The summed E-state index contributed by atoms with van der Waals surface area (Å²) in [6.07, 6.45) is -4.50.